The van der Waals surface area contributed by atoms with Gasteiger partial charge in [0.25, 0.3) is 5.91 Å². The van der Waals surface area contributed by atoms with Crippen LogP contribution in [0.25, 0.3) is 11.0 Å². The van der Waals surface area contributed by atoms with Crippen molar-refractivity contribution in [1.82, 2.24) is 5.32 Å². The summed E-state index contributed by atoms with van der Waals surface area (Å²) in [5.74, 6) is 0.0537. The number of hydrogen-bond acceptors (Lipinski definition) is 4. The molecular weight excluding hydrogens is 256 g/mol. The van der Waals surface area contributed by atoms with Gasteiger partial charge >= 0.3 is 0 Å². The Labute approximate surface area is 118 Å². The first-order valence-electron chi connectivity index (χ1n) is 6.85. The molecule has 5 heteroatoms. The summed E-state index contributed by atoms with van der Waals surface area (Å²) in [5, 5.41) is 3.59. The number of hydrogen-bond donors (Lipinski definition) is 2. The maximum atomic E-state index is 11.9. The van der Waals surface area contributed by atoms with Gasteiger partial charge in [0.15, 0.2) is 5.76 Å². The lowest BCUT2D eigenvalue weighted by Gasteiger charge is -2.04. The lowest BCUT2D eigenvalue weighted by Crippen LogP contribution is -2.26. The van der Waals surface area contributed by atoms with Crippen molar-refractivity contribution in [2.24, 2.45) is 0 Å². The molecule has 3 N–H and O–H groups in total. The molecule has 0 fully saturated rings. The second-order valence-electron chi connectivity index (χ2n) is 4.63. The molecule has 5 nitrogen and oxygen atoms in total. The van der Waals surface area contributed by atoms with E-state index in [2.05, 4.69) is 12.2 Å². The van der Waals surface area contributed by atoms with Crippen molar-refractivity contribution in [2.75, 3.05) is 25.5 Å². The van der Waals surface area contributed by atoms with E-state index in [1.54, 1.807) is 24.3 Å². The molecule has 0 saturated carbocycles. The molecule has 0 aliphatic rings. The van der Waals surface area contributed by atoms with Gasteiger partial charge < -0.3 is 20.2 Å². The van der Waals surface area contributed by atoms with Crippen molar-refractivity contribution in [3.05, 3.63) is 30.0 Å². The monoisotopic (exact) mass is 276 g/mol. The van der Waals surface area contributed by atoms with Gasteiger partial charge in [0.05, 0.1) is 6.61 Å². The summed E-state index contributed by atoms with van der Waals surface area (Å²) < 4.78 is 10.8. The van der Waals surface area contributed by atoms with Gasteiger partial charge in [0.1, 0.15) is 5.58 Å². The number of fused-ring (bicyclic) bond motifs is 1. The number of benzene rings is 1. The summed E-state index contributed by atoms with van der Waals surface area (Å²) in [5.41, 5.74) is 6.99. The molecule has 0 bridgehead atoms. The summed E-state index contributed by atoms with van der Waals surface area (Å²) >= 11 is 0. The van der Waals surface area contributed by atoms with Crippen molar-refractivity contribution in [2.45, 2.75) is 19.8 Å². The van der Waals surface area contributed by atoms with Gasteiger partial charge in [-0.05, 0) is 30.7 Å². The van der Waals surface area contributed by atoms with Gasteiger partial charge in [0.2, 0.25) is 0 Å². The molecule has 2 rings (SSSR count). The number of nitrogen functional groups attached to an aromatic ring is 1. The molecule has 20 heavy (non-hydrogen) atoms. The van der Waals surface area contributed by atoms with E-state index in [-0.39, 0.29) is 5.91 Å². The maximum absolute atomic E-state index is 11.9. The van der Waals surface area contributed by atoms with Crippen molar-refractivity contribution in [1.29, 1.82) is 0 Å². The van der Waals surface area contributed by atoms with Gasteiger partial charge in [-0.3, -0.25) is 4.79 Å². The zero-order chi connectivity index (χ0) is 14.4. The van der Waals surface area contributed by atoms with Gasteiger partial charge in [-0.25, -0.2) is 0 Å². The summed E-state index contributed by atoms with van der Waals surface area (Å²) in [6.45, 7) is 3.83. The van der Waals surface area contributed by atoms with Crippen LogP contribution >= 0.6 is 0 Å². The number of nitrogens with one attached hydrogen (secondary N) is 1. The number of ether oxygens (including phenoxy) is 1. The van der Waals surface area contributed by atoms with Crippen LogP contribution in [-0.2, 0) is 4.74 Å². The fourth-order valence-corrected chi connectivity index (χ4v) is 1.85. The van der Waals surface area contributed by atoms with E-state index >= 15 is 0 Å². The van der Waals surface area contributed by atoms with Crippen molar-refractivity contribution < 1.29 is 13.9 Å². The molecule has 0 spiro atoms. The van der Waals surface area contributed by atoms with Crippen LogP contribution in [0.2, 0.25) is 0 Å². The Morgan fingerprint density at radius 1 is 1.35 bits per heavy atom. The highest BCUT2D eigenvalue weighted by molar-refractivity contribution is 5.96. The quantitative estimate of drug-likeness (QED) is 0.602. The van der Waals surface area contributed by atoms with Crippen LogP contribution in [0.15, 0.2) is 28.7 Å². The summed E-state index contributed by atoms with van der Waals surface area (Å²) in [6.07, 6.45) is 2.15. The summed E-state index contributed by atoms with van der Waals surface area (Å²) in [6, 6.07) is 6.98. The van der Waals surface area contributed by atoms with Crippen LogP contribution in [0, 0.1) is 0 Å². The fraction of sp³-hybridized carbons (Fsp3) is 0.400. The SMILES string of the molecule is CCCCOCCNC(=O)c1cc2cc(N)ccc2o1. The van der Waals surface area contributed by atoms with Gasteiger partial charge in [-0.1, -0.05) is 13.3 Å². The number of amides is 1. The number of nitrogens with two attached hydrogens (primary N) is 1. The highest BCUT2D eigenvalue weighted by Gasteiger charge is 2.11. The van der Waals surface area contributed by atoms with Crippen molar-refractivity contribution >= 4 is 22.6 Å². The molecule has 0 aliphatic carbocycles. The molecule has 2 aromatic rings. The van der Waals surface area contributed by atoms with E-state index < -0.39 is 0 Å². The van der Waals surface area contributed by atoms with E-state index in [9.17, 15) is 4.79 Å². The number of unbranched alkanes of at least 4 members (excludes halogenated alkanes) is 1. The van der Waals surface area contributed by atoms with E-state index in [1.165, 1.54) is 0 Å². The Kier molecular flexibility index (Phi) is 5.01. The van der Waals surface area contributed by atoms with Crippen LogP contribution in [0.5, 0.6) is 0 Å². The number of carbonyl (C=O) groups excluding carboxylic acids is 1. The second kappa shape index (κ2) is 6.96. The molecule has 0 unspecified atom stereocenters. The largest absolute Gasteiger partial charge is 0.451 e. The lowest BCUT2D eigenvalue weighted by atomic mass is 10.2. The van der Waals surface area contributed by atoms with Crippen molar-refractivity contribution in [3.63, 3.8) is 0 Å². The Bertz CT molecular complexity index is 578. The van der Waals surface area contributed by atoms with E-state index in [0.717, 1.165) is 24.8 Å². The minimum absolute atomic E-state index is 0.237. The molecule has 108 valence electrons. The maximum Gasteiger partial charge on any atom is 0.287 e. The third-order valence-corrected chi connectivity index (χ3v) is 2.94. The lowest BCUT2D eigenvalue weighted by molar-refractivity contribution is 0.0888. The third-order valence-electron chi connectivity index (χ3n) is 2.94. The van der Waals surface area contributed by atoms with E-state index in [1.807, 2.05) is 0 Å². The molecule has 0 atom stereocenters. The first-order valence-corrected chi connectivity index (χ1v) is 6.85. The normalized spacial score (nSPS) is 10.8. The van der Waals surface area contributed by atoms with Crippen LogP contribution in [-0.4, -0.2) is 25.7 Å². The number of rotatable bonds is 7. The van der Waals surface area contributed by atoms with Gasteiger partial charge in [-0.15, -0.1) is 0 Å². The highest BCUT2D eigenvalue weighted by Crippen LogP contribution is 2.21. The molecule has 0 saturated heterocycles. The van der Waals surface area contributed by atoms with Crippen LogP contribution in [0.1, 0.15) is 30.3 Å². The zero-order valence-corrected chi connectivity index (χ0v) is 11.6. The minimum Gasteiger partial charge on any atom is -0.451 e. The molecular formula is C15H20N2O3. The molecule has 1 aromatic carbocycles. The molecule has 0 radical (unpaired) electrons. The van der Waals surface area contributed by atoms with Crippen LogP contribution in [0.3, 0.4) is 0 Å². The van der Waals surface area contributed by atoms with Crippen molar-refractivity contribution in [3.8, 4) is 0 Å². The average Bonchev–Trinajstić information content (AvgIpc) is 2.85. The topological polar surface area (TPSA) is 77.5 Å². The van der Waals surface area contributed by atoms with Gasteiger partial charge in [0, 0.05) is 24.2 Å². The third kappa shape index (κ3) is 3.74. The number of carbonyl (C=O) groups is 1. The smallest absolute Gasteiger partial charge is 0.287 e. The Morgan fingerprint density at radius 2 is 2.20 bits per heavy atom. The summed E-state index contributed by atoms with van der Waals surface area (Å²) in [7, 11) is 0. The Hall–Kier alpha value is -2.01. The molecule has 1 amide bonds. The standard InChI is InChI=1S/C15H20N2O3/c1-2-3-7-19-8-6-17-15(18)14-10-11-9-12(16)4-5-13(11)20-14/h4-5,9-10H,2-3,6-8,16H2,1H3,(H,17,18). The second-order valence-corrected chi connectivity index (χ2v) is 4.63. The fourth-order valence-electron chi connectivity index (χ4n) is 1.85. The molecule has 1 heterocycles. The highest BCUT2D eigenvalue weighted by atomic mass is 16.5. The number of furan rings is 1. The summed E-state index contributed by atoms with van der Waals surface area (Å²) in [4.78, 5) is 11.9. The van der Waals surface area contributed by atoms with Gasteiger partial charge in [-0.2, -0.15) is 0 Å². The predicted molar refractivity (Wildman–Crippen MR) is 78.7 cm³/mol. The zero-order valence-electron chi connectivity index (χ0n) is 11.6. The molecule has 0 aliphatic heterocycles. The minimum atomic E-state index is -0.237. The van der Waals surface area contributed by atoms with Crippen LogP contribution in [0.4, 0.5) is 5.69 Å². The first kappa shape index (κ1) is 14.4. The average molecular weight is 276 g/mol. The van der Waals surface area contributed by atoms with Crippen LogP contribution < -0.4 is 11.1 Å². The molecule has 1 aromatic heterocycles. The van der Waals surface area contributed by atoms with E-state index in [0.29, 0.717) is 30.2 Å². The van der Waals surface area contributed by atoms with E-state index in [4.69, 9.17) is 14.9 Å². The Morgan fingerprint density at radius 3 is 3.00 bits per heavy atom. The first-order chi connectivity index (χ1) is 9.70. The predicted octanol–water partition coefficient (Wildman–Crippen LogP) is 2.56. The Balaban J connectivity index is 1.85. The number of anilines is 1.